The van der Waals surface area contributed by atoms with Crippen LogP contribution < -0.4 is 0 Å². The number of benzene rings is 3. The van der Waals surface area contributed by atoms with E-state index in [1.165, 1.54) is 12.1 Å². The number of aliphatic imine (C=N–C) groups is 1. The molecular formula is C24H20N2O2. The molecule has 0 atom stereocenters. The van der Waals surface area contributed by atoms with Crippen molar-refractivity contribution in [3.05, 3.63) is 118 Å². The minimum Gasteiger partial charge on any atom is -0.258 e. The lowest BCUT2D eigenvalue weighted by molar-refractivity contribution is -0.384. The molecule has 4 nitrogen and oxygen atoms in total. The van der Waals surface area contributed by atoms with Crippen LogP contribution in [-0.4, -0.2) is 17.3 Å². The van der Waals surface area contributed by atoms with Gasteiger partial charge in [0.05, 0.1) is 17.0 Å². The molecule has 0 amide bonds. The molecule has 0 aromatic heterocycles. The van der Waals surface area contributed by atoms with Crippen molar-refractivity contribution in [1.29, 1.82) is 0 Å². The first-order valence-corrected chi connectivity index (χ1v) is 9.05. The summed E-state index contributed by atoms with van der Waals surface area (Å²) in [7, 11) is 0. The molecule has 0 aliphatic rings. The molecule has 3 rings (SSSR count). The molecule has 28 heavy (non-hydrogen) atoms. The van der Waals surface area contributed by atoms with Gasteiger partial charge in [-0.3, -0.25) is 10.1 Å². The van der Waals surface area contributed by atoms with E-state index in [2.05, 4.69) is 35.1 Å². The Morgan fingerprint density at radius 3 is 2.00 bits per heavy atom. The SMILES string of the molecule is O=[N+]([O-])c1ccc(/C=C\CCN=C=C(c2ccccc2)c2ccccc2)cc1. The summed E-state index contributed by atoms with van der Waals surface area (Å²) < 4.78 is 0. The predicted molar refractivity (Wildman–Crippen MR) is 114 cm³/mol. The first-order valence-electron chi connectivity index (χ1n) is 9.05. The minimum atomic E-state index is -0.397. The molecule has 3 aromatic carbocycles. The third-order valence-corrected chi connectivity index (χ3v) is 4.14. The largest absolute Gasteiger partial charge is 0.269 e. The molecule has 0 saturated heterocycles. The molecule has 0 heterocycles. The summed E-state index contributed by atoms with van der Waals surface area (Å²) in [4.78, 5) is 14.7. The maximum Gasteiger partial charge on any atom is 0.269 e. The van der Waals surface area contributed by atoms with E-state index in [0.717, 1.165) is 28.7 Å². The lowest BCUT2D eigenvalue weighted by Crippen LogP contribution is -1.89. The Bertz CT molecular complexity index is 960. The van der Waals surface area contributed by atoms with Crippen LogP contribution in [-0.2, 0) is 0 Å². The van der Waals surface area contributed by atoms with E-state index in [1.807, 2.05) is 48.6 Å². The predicted octanol–water partition coefficient (Wildman–Crippen LogP) is 5.80. The van der Waals surface area contributed by atoms with E-state index >= 15 is 0 Å². The maximum atomic E-state index is 10.7. The van der Waals surface area contributed by atoms with Gasteiger partial charge in [0.15, 0.2) is 0 Å². The van der Waals surface area contributed by atoms with Crippen molar-refractivity contribution in [2.75, 3.05) is 6.54 Å². The fraction of sp³-hybridized carbons (Fsp3) is 0.0833. The highest BCUT2D eigenvalue weighted by atomic mass is 16.6. The number of nitro groups is 1. The molecule has 0 saturated carbocycles. The molecule has 0 bridgehead atoms. The molecule has 0 aliphatic carbocycles. The number of non-ortho nitro benzene ring substituents is 1. The van der Waals surface area contributed by atoms with E-state index in [0.29, 0.717) is 6.54 Å². The summed E-state index contributed by atoms with van der Waals surface area (Å²) in [5.41, 5.74) is 4.17. The van der Waals surface area contributed by atoms with Gasteiger partial charge in [0, 0.05) is 12.1 Å². The Labute approximate surface area is 164 Å². The standard InChI is InChI=1S/C24H20N2O2/c27-26(28)23-16-14-20(15-17-23)9-7-8-18-25-19-24(21-10-3-1-4-11-21)22-12-5-2-6-13-22/h1-7,9-17H,8,18H2/b9-7-. The van der Waals surface area contributed by atoms with Crippen LogP contribution in [0.15, 0.2) is 96.0 Å². The van der Waals surface area contributed by atoms with Crippen molar-refractivity contribution >= 4 is 23.2 Å². The minimum absolute atomic E-state index is 0.0984. The summed E-state index contributed by atoms with van der Waals surface area (Å²) in [5, 5.41) is 10.7. The van der Waals surface area contributed by atoms with Gasteiger partial charge in [-0.25, -0.2) is 4.99 Å². The first kappa shape index (κ1) is 19.0. The summed E-state index contributed by atoms with van der Waals surface area (Å²) >= 11 is 0. The Morgan fingerprint density at radius 2 is 1.46 bits per heavy atom. The highest BCUT2D eigenvalue weighted by molar-refractivity contribution is 5.98. The summed E-state index contributed by atoms with van der Waals surface area (Å²) in [6.45, 7) is 0.618. The van der Waals surface area contributed by atoms with Gasteiger partial charge in [0.2, 0.25) is 0 Å². The van der Waals surface area contributed by atoms with Crippen LogP contribution in [0.5, 0.6) is 0 Å². The first-order chi connectivity index (χ1) is 13.7. The second kappa shape index (κ2) is 9.81. The summed E-state index contributed by atoms with van der Waals surface area (Å²) in [6.07, 6.45) is 4.72. The van der Waals surface area contributed by atoms with Crippen LogP contribution in [0.25, 0.3) is 11.6 Å². The van der Waals surface area contributed by atoms with Gasteiger partial charge in [0.1, 0.15) is 0 Å². The molecule has 4 heteroatoms. The van der Waals surface area contributed by atoms with Gasteiger partial charge in [0.25, 0.3) is 5.69 Å². The van der Waals surface area contributed by atoms with Crippen molar-refractivity contribution < 1.29 is 4.92 Å². The lowest BCUT2D eigenvalue weighted by Gasteiger charge is -2.04. The quantitative estimate of drug-likeness (QED) is 0.229. The third kappa shape index (κ3) is 5.37. The van der Waals surface area contributed by atoms with Gasteiger partial charge in [-0.2, -0.15) is 0 Å². The molecule has 0 radical (unpaired) electrons. The monoisotopic (exact) mass is 368 g/mol. The molecular weight excluding hydrogens is 348 g/mol. The van der Waals surface area contributed by atoms with Crippen LogP contribution >= 0.6 is 0 Å². The van der Waals surface area contributed by atoms with Gasteiger partial charge >= 0.3 is 0 Å². The van der Waals surface area contributed by atoms with Gasteiger partial charge in [-0.05, 0) is 41.1 Å². The van der Waals surface area contributed by atoms with Crippen molar-refractivity contribution in [2.24, 2.45) is 4.99 Å². The second-order valence-corrected chi connectivity index (χ2v) is 6.14. The smallest absolute Gasteiger partial charge is 0.258 e. The van der Waals surface area contributed by atoms with E-state index in [-0.39, 0.29) is 5.69 Å². The van der Waals surface area contributed by atoms with Crippen molar-refractivity contribution in [3.63, 3.8) is 0 Å². The average molecular weight is 368 g/mol. The van der Waals surface area contributed by atoms with E-state index in [1.54, 1.807) is 12.1 Å². The number of nitro benzene ring substituents is 1. The number of nitrogens with zero attached hydrogens (tertiary/aromatic N) is 2. The summed E-state index contributed by atoms with van der Waals surface area (Å²) in [6, 6.07) is 26.7. The number of hydrogen-bond acceptors (Lipinski definition) is 3. The molecule has 0 N–H and O–H groups in total. The lowest BCUT2D eigenvalue weighted by atomic mass is 9.99. The van der Waals surface area contributed by atoms with Crippen LogP contribution in [0, 0.1) is 10.1 Å². The highest BCUT2D eigenvalue weighted by Crippen LogP contribution is 2.20. The topological polar surface area (TPSA) is 55.5 Å². The van der Waals surface area contributed by atoms with Crippen LogP contribution in [0.4, 0.5) is 5.69 Å². The summed E-state index contributed by atoms with van der Waals surface area (Å²) in [5.74, 6) is 3.20. The second-order valence-electron chi connectivity index (χ2n) is 6.14. The van der Waals surface area contributed by atoms with Crippen LogP contribution in [0.2, 0.25) is 0 Å². The molecule has 0 unspecified atom stereocenters. The molecule has 0 aliphatic heterocycles. The van der Waals surface area contributed by atoms with Crippen molar-refractivity contribution in [1.82, 2.24) is 0 Å². The zero-order valence-corrected chi connectivity index (χ0v) is 15.4. The molecule has 0 fully saturated rings. The maximum absolute atomic E-state index is 10.7. The molecule has 0 spiro atoms. The third-order valence-electron chi connectivity index (χ3n) is 4.14. The van der Waals surface area contributed by atoms with E-state index < -0.39 is 4.92 Å². The fourth-order valence-electron chi connectivity index (χ4n) is 2.71. The average Bonchev–Trinajstić information content (AvgIpc) is 2.75. The Kier molecular flexibility index (Phi) is 6.67. The normalized spacial score (nSPS) is 10.4. The van der Waals surface area contributed by atoms with Crippen molar-refractivity contribution in [2.45, 2.75) is 6.42 Å². The zero-order valence-electron chi connectivity index (χ0n) is 15.4. The van der Waals surface area contributed by atoms with Crippen molar-refractivity contribution in [3.8, 4) is 0 Å². The van der Waals surface area contributed by atoms with E-state index in [9.17, 15) is 10.1 Å². The van der Waals surface area contributed by atoms with E-state index in [4.69, 9.17) is 0 Å². The van der Waals surface area contributed by atoms with Gasteiger partial charge < -0.3 is 0 Å². The van der Waals surface area contributed by atoms with Gasteiger partial charge in [-0.15, -0.1) is 0 Å². The molecule has 138 valence electrons. The number of rotatable bonds is 7. The number of hydrogen-bond donors (Lipinski definition) is 0. The van der Waals surface area contributed by atoms with Gasteiger partial charge in [-0.1, -0.05) is 72.8 Å². The fourth-order valence-corrected chi connectivity index (χ4v) is 2.71. The highest BCUT2D eigenvalue weighted by Gasteiger charge is 2.03. The zero-order chi connectivity index (χ0) is 19.6. The Balaban J connectivity index is 1.67. The molecule has 3 aromatic rings. The van der Waals surface area contributed by atoms with Crippen LogP contribution in [0.1, 0.15) is 23.1 Å². The Morgan fingerprint density at radius 1 is 0.893 bits per heavy atom. The van der Waals surface area contributed by atoms with Crippen LogP contribution in [0.3, 0.4) is 0 Å². The Hall–Kier alpha value is -3.75.